The van der Waals surface area contributed by atoms with E-state index in [1.807, 2.05) is 37.3 Å². The van der Waals surface area contributed by atoms with E-state index in [1.54, 1.807) is 17.0 Å². The molecule has 0 saturated carbocycles. The quantitative estimate of drug-likeness (QED) is 0.783. The number of ether oxygens (including phenoxy) is 2. The molecule has 2 heterocycles. The first-order valence-corrected chi connectivity index (χ1v) is 8.61. The maximum absolute atomic E-state index is 12.6. The summed E-state index contributed by atoms with van der Waals surface area (Å²) in [5.74, 6) is 2.30. The van der Waals surface area contributed by atoms with E-state index in [4.69, 9.17) is 15.2 Å². The predicted molar refractivity (Wildman–Crippen MR) is 96.9 cm³/mol. The Hall–Kier alpha value is -2.76. The van der Waals surface area contributed by atoms with Crippen LogP contribution in [0.3, 0.4) is 0 Å². The van der Waals surface area contributed by atoms with Crippen molar-refractivity contribution in [2.75, 3.05) is 23.8 Å². The molecular weight excluding hydrogens is 318 g/mol. The Morgan fingerprint density at radius 3 is 2.76 bits per heavy atom. The van der Waals surface area contributed by atoms with E-state index >= 15 is 0 Å². The number of amides is 1. The fourth-order valence-electron chi connectivity index (χ4n) is 2.77. The van der Waals surface area contributed by atoms with Crippen LogP contribution in [0.2, 0.25) is 0 Å². The predicted octanol–water partition coefficient (Wildman–Crippen LogP) is 3.03. The number of aromatic nitrogens is 1. The van der Waals surface area contributed by atoms with Crippen LogP contribution in [0, 0.1) is 0 Å². The van der Waals surface area contributed by atoms with Gasteiger partial charge in [0.25, 0.3) is 5.91 Å². The summed E-state index contributed by atoms with van der Waals surface area (Å²) in [6.45, 7) is 3.11. The lowest BCUT2D eigenvalue weighted by atomic mass is 10.1. The van der Waals surface area contributed by atoms with Gasteiger partial charge in [0.2, 0.25) is 0 Å². The standard InChI is InChI=1S/C19H23N3O3/c1-2-15-19(23)22(18-16(25-15)10-11-17(20)21-18)12-6-7-13-24-14-8-4-3-5-9-14/h3-5,8-11,15H,2,6-7,12-13H2,1H3,(H2,20,21). The van der Waals surface area contributed by atoms with Gasteiger partial charge in [-0.05, 0) is 43.5 Å². The minimum atomic E-state index is -0.460. The van der Waals surface area contributed by atoms with Gasteiger partial charge in [-0.3, -0.25) is 9.69 Å². The summed E-state index contributed by atoms with van der Waals surface area (Å²) in [7, 11) is 0. The van der Waals surface area contributed by atoms with Gasteiger partial charge < -0.3 is 15.2 Å². The molecule has 132 valence electrons. The van der Waals surface area contributed by atoms with E-state index in [0.29, 0.717) is 37.0 Å². The van der Waals surface area contributed by atoms with Gasteiger partial charge in [-0.15, -0.1) is 0 Å². The number of pyridine rings is 1. The molecule has 1 amide bonds. The number of carbonyl (C=O) groups is 1. The normalized spacial score (nSPS) is 16.3. The number of fused-ring (bicyclic) bond motifs is 1. The molecule has 1 aliphatic heterocycles. The van der Waals surface area contributed by atoms with E-state index in [0.717, 1.165) is 18.6 Å². The van der Waals surface area contributed by atoms with Crippen LogP contribution in [0.25, 0.3) is 0 Å². The average molecular weight is 341 g/mol. The molecule has 25 heavy (non-hydrogen) atoms. The second-order valence-electron chi connectivity index (χ2n) is 5.93. The van der Waals surface area contributed by atoms with E-state index < -0.39 is 6.10 Å². The zero-order chi connectivity index (χ0) is 17.6. The number of hydrogen-bond donors (Lipinski definition) is 1. The highest BCUT2D eigenvalue weighted by Gasteiger charge is 2.34. The van der Waals surface area contributed by atoms with Gasteiger partial charge >= 0.3 is 0 Å². The molecule has 6 heteroatoms. The number of nitrogens with zero attached hydrogens (tertiary/aromatic N) is 2. The largest absolute Gasteiger partial charge is 0.494 e. The summed E-state index contributed by atoms with van der Waals surface area (Å²) in [5, 5.41) is 0. The number of benzene rings is 1. The molecule has 6 nitrogen and oxygen atoms in total. The van der Waals surface area contributed by atoms with Gasteiger partial charge in [0.15, 0.2) is 17.7 Å². The van der Waals surface area contributed by atoms with Crippen molar-refractivity contribution in [3.63, 3.8) is 0 Å². The molecule has 3 rings (SSSR count). The lowest BCUT2D eigenvalue weighted by molar-refractivity contribution is -0.126. The Bertz CT molecular complexity index is 721. The number of carbonyl (C=O) groups excluding carboxylic acids is 1. The molecule has 1 aromatic carbocycles. The van der Waals surface area contributed by atoms with Crippen LogP contribution in [0.4, 0.5) is 11.6 Å². The lowest BCUT2D eigenvalue weighted by Crippen LogP contribution is -2.46. The summed E-state index contributed by atoms with van der Waals surface area (Å²) in [6, 6.07) is 13.2. The molecule has 1 aromatic heterocycles. The van der Waals surface area contributed by atoms with Crippen molar-refractivity contribution in [1.29, 1.82) is 0 Å². The third-order valence-electron chi connectivity index (χ3n) is 4.09. The maximum atomic E-state index is 12.6. The Kier molecular flexibility index (Phi) is 5.38. The zero-order valence-electron chi connectivity index (χ0n) is 14.4. The average Bonchev–Trinajstić information content (AvgIpc) is 2.63. The maximum Gasteiger partial charge on any atom is 0.269 e. The van der Waals surface area contributed by atoms with Crippen LogP contribution in [0.1, 0.15) is 26.2 Å². The Labute approximate surface area is 147 Å². The number of hydrogen-bond acceptors (Lipinski definition) is 5. The van der Waals surface area contributed by atoms with Crippen molar-refractivity contribution >= 4 is 17.5 Å². The van der Waals surface area contributed by atoms with E-state index in [1.165, 1.54) is 0 Å². The van der Waals surface area contributed by atoms with Crippen molar-refractivity contribution in [2.45, 2.75) is 32.3 Å². The molecule has 0 fully saturated rings. The third-order valence-corrected chi connectivity index (χ3v) is 4.09. The number of anilines is 2. The van der Waals surface area contributed by atoms with Gasteiger partial charge in [0.05, 0.1) is 6.61 Å². The van der Waals surface area contributed by atoms with E-state index in [2.05, 4.69) is 4.98 Å². The summed E-state index contributed by atoms with van der Waals surface area (Å²) in [5.41, 5.74) is 5.77. The Morgan fingerprint density at radius 1 is 1.20 bits per heavy atom. The van der Waals surface area contributed by atoms with Crippen LogP contribution in [0.15, 0.2) is 42.5 Å². The van der Waals surface area contributed by atoms with Gasteiger partial charge in [-0.2, -0.15) is 0 Å². The Balaban J connectivity index is 1.59. The van der Waals surface area contributed by atoms with E-state index in [9.17, 15) is 4.79 Å². The molecule has 1 unspecified atom stereocenters. The highest BCUT2D eigenvalue weighted by atomic mass is 16.5. The minimum Gasteiger partial charge on any atom is -0.494 e. The van der Waals surface area contributed by atoms with Gasteiger partial charge in [-0.25, -0.2) is 4.98 Å². The molecule has 1 atom stereocenters. The lowest BCUT2D eigenvalue weighted by Gasteiger charge is -2.33. The second-order valence-corrected chi connectivity index (χ2v) is 5.93. The molecule has 2 N–H and O–H groups in total. The second kappa shape index (κ2) is 7.88. The van der Waals surface area contributed by atoms with Crippen molar-refractivity contribution in [3.05, 3.63) is 42.5 Å². The van der Waals surface area contributed by atoms with Crippen LogP contribution >= 0.6 is 0 Å². The fraction of sp³-hybridized carbons (Fsp3) is 0.368. The summed E-state index contributed by atoms with van der Waals surface area (Å²) < 4.78 is 11.4. The molecule has 0 radical (unpaired) electrons. The topological polar surface area (TPSA) is 77.7 Å². The highest BCUT2D eigenvalue weighted by Crippen LogP contribution is 2.33. The van der Waals surface area contributed by atoms with Gasteiger partial charge in [0, 0.05) is 6.54 Å². The van der Waals surface area contributed by atoms with Crippen LogP contribution < -0.4 is 20.1 Å². The molecule has 2 aromatic rings. The first kappa shape index (κ1) is 17.1. The number of nitrogens with two attached hydrogens (primary N) is 1. The van der Waals surface area contributed by atoms with Crippen molar-refractivity contribution in [3.8, 4) is 11.5 Å². The summed E-state index contributed by atoms with van der Waals surface area (Å²) in [4.78, 5) is 18.6. The smallest absolute Gasteiger partial charge is 0.269 e. The third kappa shape index (κ3) is 4.02. The highest BCUT2D eigenvalue weighted by molar-refractivity contribution is 5.99. The van der Waals surface area contributed by atoms with Crippen molar-refractivity contribution in [2.24, 2.45) is 0 Å². The fourth-order valence-corrected chi connectivity index (χ4v) is 2.77. The molecule has 0 bridgehead atoms. The van der Waals surface area contributed by atoms with E-state index in [-0.39, 0.29) is 5.91 Å². The van der Waals surface area contributed by atoms with Gasteiger partial charge in [0.1, 0.15) is 11.6 Å². The number of unbranched alkanes of at least 4 members (excludes halogenated alkanes) is 1. The van der Waals surface area contributed by atoms with Crippen molar-refractivity contribution < 1.29 is 14.3 Å². The number of para-hydroxylation sites is 1. The monoisotopic (exact) mass is 341 g/mol. The Morgan fingerprint density at radius 2 is 2.00 bits per heavy atom. The number of rotatable bonds is 7. The van der Waals surface area contributed by atoms with Crippen molar-refractivity contribution in [1.82, 2.24) is 4.98 Å². The van der Waals surface area contributed by atoms with Crippen LogP contribution in [0.5, 0.6) is 11.5 Å². The molecule has 0 aliphatic carbocycles. The molecule has 0 spiro atoms. The first-order chi connectivity index (χ1) is 12.2. The van der Waals surface area contributed by atoms with Crippen LogP contribution in [-0.2, 0) is 4.79 Å². The zero-order valence-corrected chi connectivity index (χ0v) is 14.4. The molecule has 1 aliphatic rings. The molecule has 0 saturated heterocycles. The summed E-state index contributed by atoms with van der Waals surface area (Å²) in [6.07, 6.45) is 1.81. The van der Waals surface area contributed by atoms with Gasteiger partial charge in [-0.1, -0.05) is 25.1 Å². The minimum absolute atomic E-state index is 0.0583. The number of nitrogen functional groups attached to an aromatic ring is 1. The SMILES string of the molecule is CCC1Oc2ccc(N)nc2N(CCCCOc2ccccc2)C1=O. The van der Waals surface area contributed by atoms with Crippen LogP contribution in [-0.4, -0.2) is 30.1 Å². The summed E-state index contributed by atoms with van der Waals surface area (Å²) >= 11 is 0. The molecular formula is C19H23N3O3. The first-order valence-electron chi connectivity index (χ1n) is 8.61.